The minimum absolute atomic E-state index is 0.105. The van der Waals surface area contributed by atoms with Crippen LogP contribution in [0.4, 0.5) is 0 Å². The Balaban J connectivity index is 1.47. The predicted molar refractivity (Wildman–Crippen MR) is 79.8 cm³/mol. The third kappa shape index (κ3) is 3.55. The van der Waals surface area contributed by atoms with Crippen molar-refractivity contribution in [1.29, 1.82) is 0 Å². The molecule has 1 unspecified atom stereocenters. The summed E-state index contributed by atoms with van der Waals surface area (Å²) in [5, 5.41) is 20.3. The first-order chi connectivity index (χ1) is 9.70. The van der Waals surface area contributed by atoms with Crippen molar-refractivity contribution < 1.29 is 5.11 Å². The molecule has 0 spiro atoms. The Bertz CT molecular complexity index is 431. The third-order valence-corrected chi connectivity index (χ3v) is 5.25. The molecule has 0 aromatic carbocycles. The third-order valence-electron chi connectivity index (χ3n) is 4.43. The Morgan fingerprint density at radius 2 is 2.00 bits per heavy atom. The number of likely N-dealkylation sites (tertiary alicyclic amines) is 2. The molecule has 2 aliphatic heterocycles. The minimum atomic E-state index is -0.105. The lowest BCUT2D eigenvalue weighted by Crippen LogP contribution is -2.49. The van der Waals surface area contributed by atoms with Gasteiger partial charge in [-0.25, -0.2) is 0 Å². The Labute approximate surface area is 124 Å². The van der Waals surface area contributed by atoms with Crippen LogP contribution in [0.15, 0.2) is 0 Å². The van der Waals surface area contributed by atoms with Gasteiger partial charge in [-0.3, -0.25) is 9.80 Å². The van der Waals surface area contributed by atoms with Gasteiger partial charge in [0.05, 0.1) is 12.6 Å². The second-order valence-electron chi connectivity index (χ2n) is 6.01. The summed E-state index contributed by atoms with van der Waals surface area (Å²) in [6.45, 7) is 7.26. The molecule has 5 nitrogen and oxygen atoms in total. The van der Waals surface area contributed by atoms with Gasteiger partial charge in [-0.1, -0.05) is 0 Å². The highest BCUT2D eigenvalue weighted by molar-refractivity contribution is 7.11. The molecule has 1 aromatic rings. The lowest BCUT2D eigenvalue weighted by atomic mass is 9.99. The topological polar surface area (TPSA) is 52.5 Å². The minimum Gasteiger partial charge on any atom is -0.392 e. The van der Waals surface area contributed by atoms with Crippen LogP contribution in [0.3, 0.4) is 0 Å². The zero-order chi connectivity index (χ0) is 13.9. The van der Waals surface area contributed by atoms with Crippen molar-refractivity contribution in [3.05, 3.63) is 10.0 Å². The lowest BCUT2D eigenvalue weighted by molar-refractivity contribution is 0.0243. The molecule has 2 fully saturated rings. The SMILES string of the molecule is Cc1nnc(CN2CCC(N3CCCC(O)C3)CC2)s1. The van der Waals surface area contributed by atoms with E-state index in [0.717, 1.165) is 55.6 Å². The van der Waals surface area contributed by atoms with Crippen molar-refractivity contribution in [3.63, 3.8) is 0 Å². The summed E-state index contributed by atoms with van der Waals surface area (Å²) in [5.41, 5.74) is 0. The highest BCUT2D eigenvalue weighted by Gasteiger charge is 2.28. The normalized spacial score (nSPS) is 27.0. The molecule has 2 aliphatic rings. The van der Waals surface area contributed by atoms with Gasteiger partial charge in [0.2, 0.25) is 0 Å². The van der Waals surface area contributed by atoms with Crippen LogP contribution in [-0.4, -0.2) is 63.4 Å². The van der Waals surface area contributed by atoms with E-state index in [4.69, 9.17) is 0 Å². The summed E-state index contributed by atoms with van der Waals surface area (Å²) in [4.78, 5) is 4.98. The van der Waals surface area contributed by atoms with E-state index in [2.05, 4.69) is 20.0 Å². The molecular weight excluding hydrogens is 272 g/mol. The molecule has 0 bridgehead atoms. The van der Waals surface area contributed by atoms with E-state index < -0.39 is 0 Å². The summed E-state index contributed by atoms with van der Waals surface area (Å²) in [7, 11) is 0. The van der Waals surface area contributed by atoms with Crippen LogP contribution >= 0.6 is 11.3 Å². The Morgan fingerprint density at radius 3 is 2.65 bits per heavy atom. The molecule has 3 heterocycles. The molecule has 0 radical (unpaired) electrons. The van der Waals surface area contributed by atoms with Gasteiger partial charge >= 0.3 is 0 Å². The number of nitrogens with zero attached hydrogens (tertiary/aromatic N) is 4. The maximum absolute atomic E-state index is 9.79. The molecule has 1 aromatic heterocycles. The second kappa shape index (κ2) is 6.47. The number of aliphatic hydroxyl groups excluding tert-OH is 1. The molecule has 6 heteroatoms. The lowest BCUT2D eigenvalue weighted by Gasteiger charge is -2.41. The first kappa shape index (κ1) is 14.4. The summed E-state index contributed by atoms with van der Waals surface area (Å²) in [6, 6.07) is 0.664. The quantitative estimate of drug-likeness (QED) is 0.910. The van der Waals surface area contributed by atoms with Gasteiger partial charge in [0.1, 0.15) is 10.0 Å². The zero-order valence-corrected chi connectivity index (χ0v) is 13.0. The number of β-amino-alcohol motifs (C(OH)–C–C–N with tert-alkyl or cyclic N) is 1. The number of aromatic nitrogens is 2. The fourth-order valence-corrected chi connectivity index (χ4v) is 4.10. The van der Waals surface area contributed by atoms with Crippen molar-refractivity contribution in [1.82, 2.24) is 20.0 Å². The van der Waals surface area contributed by atoms with Crippen molar-refractivity contribution in [2.45, 2.75) is 51.3 Å². The highest BCUT2D eigenvalue weighted by atomic mass is 32.1. The maximum Gasteiger partial charge on any atom is 0.131 e. The molecule has 0 amide bonds. The van der Waals surface area contributed by atoms with Crippen molar-refractivity contribution in [2.75, 3.05) is 26.2 Å². The molecule has 0 aliphatic carbocycles. The average Bonchev–Trinajstić information content (AvgIpc) is 2.85. The van der Waals surface area contributed by atoms with E-state index >= 15 is 0 Å². The molecule has 2 saturated heterocycles. The summed E-state index contributed by atoms with van der Waals surface area (Å²) in [5.74, 6) is 0. The van der Waals surface area contributed by atoms with E-state index in [9.17, 15) is 5.11 Å². The monoisotopic (exact) mass is 296 g/mol. The molecular formula is C14H24N4OS. The van der Waals surface area contributed by atoms with E-state index in [1.165, 1.54) is 12.8 Å². The molecule has 1 atom stereocenters. The van der Waals surface area contributed by atoms with Gasteiger partial charge in [-0.05, 0) is 39.2 Å². The van der Waals surface area contributed by atoms with Crippen LogP contribution in [-0.2, 0) is 6.54 Å². The first-order valence-corrected chi connectivity index (χ1v) is 8.46. The van der Waals surface area contributed by atoms with E-state index in [-0.39, 0.29) is 6.10 Å². The predicted octanol–water partition coefficient (Wildman–Crippen LogP) is 1.27. The van der Waals surface area contributed by atoms with Crippen molar-refractivity contribution in [3.8, 4) is 0 Å². The van der Waals surface area contributed by atoms with Gasteiger partial charge in [-0.15, -0.1) is 21.5 Å². The number of aliphatic hydroxyl groups is 1. The van der Waals surface area contributed by atoms with Crippen LogP contribution in [0.5, 0.6) is 0 Å². The Hall–Kier alpha value is -0.560. The van der Waals surface area contributed by atoms with Gasteiger partial charge in [-0.2, -0.15) is 0 Å². The fourth-order valence-electron chi connectivity index (χ4n) is 3.35. The van der Waals surface area contributed by atoms with Gasteiger partial charge in [0, 0.05) is 25.7 Å². The van der Waals surface area contributed by atoms with E-state index in [1.54, 1.807) is 11.3 Å². The summed E-state index contributed by atoms with van der Waals surface area (Å²) >= 11 is 1.70. The smallest absolute Gasteiger partial charge is 0.131 e. The van der Waals surface area contributed by atoms with Gasteiger partial charge < -0.3 is 5.11 Å². The molecule has 112 valence electrons. The largest absolute Gasteiger partial charge is 0.392 e. The number of rotatable bonds is 3. The Morgan fingerprint density at radius 1 is 1.20 bits per heavy atom. The maximum atomic E-state index is 9.79. The van der Waals surface area contributed by atoms with Gasteiger partial charge in [0.15, 0.2) is 0 Å². The fraction of sp³-hybridized carbons (Fsp3) is 0.857. The Kier molecular flexibility index (Phi) is 4.65. The summed E-state index contributed by atoms with van der Waals surface area (Å²) < 4.78 is 0. The van der Waals surface area contributed by atoms with Crippen LogP contribution in [0, 0.1) is 6.92 Å². The first-order valence-electron chi connectivity index (χ1n) is 7.64. The number of hydrogen-bond donors (Lipinski definition) is 1. The van der Waals surface area contributed by atoms with Crippen LogP contribution in [0.1, 0.15) is 35.7 Å². The zero-order valence-electron chi connectivity index (χ0n) is 12.2. The molecule has 20 heavy (non-hydrogen) atoms. The summed E-state index contributed by atoms with van der Waals surface area (Å²) in [6.07, 6.45) is 4.44. The van der Waals surface area contributed by atoms with E-state index in [0.29, 0.717) is 6.04 Å². The number of aryl methyl sites for hydroxylation is 1. The van der Waals surface area contributed by atoms with Crippen molar-refractivity contribution >= 4 is 11.3 Å². The molecule has 3 rings (SSSR count). The second-order valence-corrected chi connectivity index (χ2v) is 7.28. The number of piperidine rings is 2. The van der Waals surface area contributed by atoms with Gasteiger partial charge in [0.25, 0.3) is 0 Å². The van der Waals surface area contributed by atoms with Crippen molar-refractivity contribution in [2.24, 2.45) is 0 Å². The van der Waals surface area contributed by atoms with Crippen LogP contribution < -0.4 is 0 Å². The highest BCUT2D eigenvalue weighted by Crippen LogP contribution is 2.22. The standard InChI is InChI=1S/C14H24N4OS/c1-11-15-16-14(20-11)10-17-7-4-12(5-8-17)18-6-2-3-13(19)9-18/h12-13,19H,2-10H2,1H3. The van der Waals surface area contributed by atoms with E-state index in [1.807, 2.05) is 6.92 Å². The van der Waals surface area contributed by atoms with Crippen LogP contribution in [0.25, 0.3) is 0 Å². The molecule has 0 saturated carbocycles. The van der Waals surface area contributed by atoms with Crippen LogP contribution in [0.2, 0.25) is 0 Å². The molecule has 1 N–H and O–H groups in total. The average molecular weight is 296 g/mol. The number of hydrogen-bond acceptors (Lipinski definition) is 6.